The van der Waals surface area contributed by atoms with Gasteiger partial charge in [0.25, 0.3) is 5.69 Å². The van der Waals surface area contributed by atoms with Gasteiger partial charge in [0.15, 0.2) is 5.13 Å². The van der Waals surface area contributed by atoms with Gasteiger partial charge in [0.1, 0.15) is 11.5 Å². The third kappa shape index (κ3) is 4.36. The van der Waals surface area contributed by atoms with Gasteiger partial charge >= 0.3 is 0 Å². The molecule has 0 aliphatic heterocycles. The molecule has 0 radical (unpaired) electrons. The second kappa shape index (κ2) is 9.23. The van der Waals surface area contributed by atoms with Crippen molar-refractivity contribution in [1.82, 2.24) is 4.98 Å². The molecule has 0 spiro atoms. The van der Waals surface area contributed by atoms with Gasteiger partial charge in [-0.3, -0.25) is 10.1 Å². The molecule has 2 N–H and O–H groups in total. The van der Waals surface area contributed by atoms with Crippen molar-refractivity contribution in [3.05, 3.63) is 92.5 Å². The number of nitrogens with two attached hydrogens (primary N) is 1. The van der Waals surface area contributed by atoms with Crippen molar-refractivity contribution < 1.29 is 14.4 Å². The first-order valence-electron chi connectivity index (χ1n) is 10.1. The number of nitro groups is 1. The van der Waals surface area contributed by atoms with Crippen molar-refractivity contribution in [2.24, 2.45) is 0 Å². The molecule has 32 heavy (non-hydrogen) atoms. The van der Waals surface area contributed by atoms with E-state index >= 15 is 0 Å². The number of nitrogens with zero attached hydrogens (tertiary/aromatic N) is 2. The molecule has 4 rings (SSSR count). The number of hydrogen-bond acceptors (Lipinski definition) is 7. The number of non-ortho nitro benzene ring substituents is 1. The fourth-order valence-electron chi connectivity index (χ4n) is 3.90. The van der Waals surface area contributed by atoms with Gasteiger partial charge in [0.05, 0.1) is 29.7 Å². The highest BCUT2D eigenvalue weighted by atomic mass is 32.1. The van der Waals surface area contributed by atoms with Crippen LogP contribution in [-0.2, 0) is 6.42 Å². The van der Waals surface area contributed by atoms with Crippen LogP contribution in [0.5, 0.6) is 11.5 Å². The van der Waals surface area contributed by atoms with Crippen molar-refractivity contribution in [2.45, 2.75) is 18.8 Å². The molecule has 0 fully saturated rings. The molecule has 0 saturated heterocycles. The van der Waals surface area contributed by atoms with Crippen LogP contribution in [0.15, 0.2) is 60.7 Å². The topological polar surface area (TPSA) is 101 Å². The van der Waals surface area contributed by atoms with E-state index in [9.17, 15) is 10.1 Å². The van der Waals surface area contributed by atoms with Gasteiger partial charge in [-0.15, -0.1) is 0 Å². The number of ether oxygens (including phenoxy) is 2. The molecule has 0 bridgehead atoms. The van der Waals surface area contributed by atoms with Crippen LogP contribution in [0, 0.1) is 10.1 Å². The summed E-state index contributed by atoms with van der Waals surface area (Å²) in [4.78, 5) is 16.7. The Morgan fingerprint density at radius 2 is 1.97 bits per heavy atom. The van der Waals surface area contributed by atoms with E-state index in [1.165, 1.54) is 23.0 Å². The zero-order valence-corrected chi connectivity index (χ0v) is 18.6. The largest absolute Gasteiger partial charge is 0.497 e. The molecule has 0 saturated carbocycles. The monoisotopic (exact) mass is 449 g/mol. The average Bonchev–Trinajstić information content (AvgIpc) is 3.47. The highest BCUT2D eigenvalue weighted by Gasteiger charge is 2.26. The average molecular weight is 450 g/mol. The van der Waals surface area contributed by atoms with Crippen LogP contribution in [0.25, 0.3) is 5.57 Å². The molecular formula is C24H23N3O4S. The molecular weight excluding hydrogens is 426 g/mol. The van der Waals surface area contributed by atoms with E-state index in [-0.39, 0.29) is 11.6 Å². The second-order valence-electron chi connectivity index (χ2n) is 7.37. The van der Waals surface area contributed by atoms with E-state index in [4.69, 9.17) is 20.2 Å². The maximum Gasteiger partial charge on any atom is 0.269 e. The van der Waals surface area contributed by atoms with Gasteiger partial charge in [0.2, 0.25) is 0 Å². The summed E-state index contributed by atoms with van der Waals surface area (Å²) in [5.74, 6) is 1.17. The first kappa shape index (κ1) is 21.6. The van der Waals surface area contributed by atoms with Crippen LogP contribution in [0.2, 0.25) is 0 Å². The van der Waals surface area contributed by atoms with E-state index in [2.05, 4.69) is 12.2 Å². The normalized spacial score (nSPS) is 13.6. The van der Waals surface area contributed by atoms with E-state index in [0.29, 0.717) is 17.3 Å². The van der Waals surface area contributed by atoms with Crippen molar-refractivity contribution >= 4 is 27.7 Å². The summed E-state index contributed by atoms with van der Waals surface area (Å²) in [6, 6.07) is 12.4. The van der Waals surface area contributed by atoms with Crippen LogP contribution in [0.1, 0.15) is 34.0 Å². The fourth-order valence-corrected chi connectivity index (χ4v) is 4.83. The Morgan fingerprint density at radius 3 is 2.59 bits per heavy atom. The fraction of sp³-hybridized carbons (Fsp3) is 0.208. The Hall–Kier alpha value is -3.65. The predicted molar refractivity (Wildman–Crippen MR) is 126 cm³/mol. The summed E-state index contributed by atoms with van der Waals surface area (Å²) in [6.45, 7) is 0. The Bertz CT molecular complexity index is 1200. The van der Waals surface area contributed by atoms with E-state index in [1.54, 1.807) is 26.4 Å². The Morgan fingerprint density at radius 1 is 1.19 bits per heavy atom. The number of allylic oxidation sites excluding steroid dienone is 4. The number of thiazole rings is 1. The quantitative estimate of drug-likeness (QED) is 0.367. The summed E-state index contributed by atoms with van der Waals surface area (Å²) >= 11 is 1.47. The zero-order chi connectivity index (χ0) is 22.7. The minimum atomic E-state index is -0.396. The van der Waals surface area contributed by atoms with Crippen LogP contribution in [0.3, 0.4) is 0 Å². The molecule has 1 heterocycles. The minimum absolute atomic E-state index is 0.0231. The highest BCUT2D eigenvalue weighted by molar-refractivity contribution is 7.16. The summed E-state index contributed by atoms with van der Waals surface area (Å²) in [5.41, 5.74) is 9.94. The lowest BCUT2D eigenvalue weighted by Crippen LogP contribution is -2.09. The lowest BCUT2D eigenvalue weighted by molar-refractivity contribution is -0.384. The molecule has 1 aliphatic rings. The first-order chi connectivity index (χ1) is 15.5. The van der Waals surface area contributed by atoms with Crippen molar-refractivity contribution in [3.63, 3.8) is 0 Å². The number of nitrogen functional groups attached to an aromatic ring is 1. The minimum Gasteiger partial charge on any atom is -0.497 e. The first-order valence-corrected chi connectivity index (χ1v) is 10.9. The van der Waals surface area contributed by atoms with Crippen molar-refractivity contribution in [3.8, 4) is 11.5 Å². The third-order valence-electron chi connectivity index (χ3n) is 5.48. The molecule has 8 heteroatoms. The third-order valence-corrected chi connectivity index (χ3v) is 6.46. The highest BCUT2D eigenvalue weighted by Crippen LogP contribution is 2.41. The number of nitro benzene ring substituents is 1. The number of anilines is 1. The smallest absolute Gasteiger partial charge is 0.269 e. The summed E-state index contributed by atoms with van der Waals surface area (Å²) < 4.78 is 10.8. The molecule has 3 aromatic rings. The summed E-state index contributed by atoms with van der Waals surface area (Å²) in [6.07, 6.45) is 7.50. The number of methoxy groups -OCH3 is 2. The number of benzene rings is 2. The van der Waals surface area contributed by atoms with Crippen molar-refractivity contribution in [2.75, 3.05) is 20.0 Å². The number of hydrogen-bond donors (Lipinski definition) is 1. The van der Waals surface area contributed by atoms with Crippen LogP contribution in [-0.4, -0.2) is 24.1 Å². The van der Waals surface area contributed by atoms with Crippen LogP contribution in [0.4, 0.5) is 10.8 Å². The maximum atomic E-state index is 11.4. The molecule has 164 valence electrons. The van der Waals surface area contributed by atoms with Crippen molar-refractivity contribution in [1.29, 1.82) is 0 Å². The van der Waals surface area contributed by atoms with Crippen LogP contribution < -0.4 is 15.2 Å². The lowest BCUT2D eigenvalue weighted by Gasteiger charge is -2.19. The Kier molecular flexibility index (Phi) is 6.23. The Labute approximate surface area is 190 Å². The zero-order valence-electron chi connectivity index (χ0n) is 17.8. The van der Waals surface area contributed by atoms with Gasteiger partial charge in [0, 0.05) is 23.6 Å². The lowest BCUT2D eigenvalue weighted by atomic mass is 9.87. The maximum absolute atomic E-state index is 11.4. The van der Waals surface area contributed by atoms with E-state index < -0.39 is 4.92 Å². The number of rotatable bonds is 8. The second-order valence-corrected chi connectivity index (χ2v) is 8.40. The van der Waals surface area contributed by atoms with Crippen LogP contribution >= 0.6 is 11.3 Å². The molecule has 1 aliphatic carbocycles. The number of aromatic nitrogens is 1. The summed E-state index contributed by atoms with van der Waals surface area (Å²) in [7, 11) is 3.19. The standard InChI is InChI=1S/C24H23N3O4S/c1-30-19-10-7-15(8-11-19)20(14-17-13-18(27(28)29)9-12-21(17)31-2)22-23(32-24(25)26-22)16-5-3-4-6-16/h3-5,7-13,20H,6,14H2,1-2H3,(H2,25,26). The predicted octanol–water partition coefficient (Wildman–Crippen LogP) is 5.37. The Balaban J connectivity index is 1.83. The molecule has 1 aromatic heterocycles. The summed E-state index contributed by atoms with van der Waals surface area (Å²) in [5, 5.41) is 11.9. The van der Waals surface area contributed by atoms with Gasteiger partial charge in [-0.05, 0) is 42.2 Å². The molecule has 2 aromatic carbocycles. The molecule has 0 amide bonds. The van der Waals surface area contributed by atoms with Gasteiger partial charge < -0.3 is 15.2 Å². The van der Waals surface area contributed by atoms with Gasteiger partial charge in [-0.1, -0.05) is 41.7 Å². The molecule has 7 nitrogen and oxygen atoms in total. The molecule has 1 unspecified atom stereocenters. The van der Waals surface area contributed by atoms with E-state index in [0.717, 1.165) is 33.9 Å². The SMILES string of the molecule is COc1ccc(C(Cc2cc([N+](=O)[O-])ccc2OC)c2nc(N)sc2C2=CC=CC2)cc1. The van der Waals surface area contributed by atoms with Gasteiger partial charge in [-0.25, -0.2) is 4.98 Å². The van der Waals surface area contributed by atoms with Gasteiger partial charge in [-0.2, -0.15) is 0 Å². The van der Waals surface area contributed by atoms with E-state index in [1.807, 2.05) is 30.3 Å². The molecule has 1 atom stereocenters.